The highest BCUT2D eigenvalue weighted by Gasteiger charge is 2.06. The van der Waals surface area contributed by atoms with E-state index in [1.54, 1.807) is 7.05 Å². The zero-order valence-corrected chi connectivity index (χ0v) is 7.02. The predicted molar refractivity (Wildman–Crippen MR) is 45.2 cm³/mol. The van der Waals surface area contributed by atoms with E-state index >= 15 is 0 Å². The molecule has 0 unspecified atom stereocenters. The highest BCUT2D eigenvalue weighted by Crippen LogP contribution is 2.19. The molecule has 11 heavy (non-hydrogen) atoms. The van der Waals surface area contributed by atoms with Gasteiger partial charge in [-0.3, -0.25) is 4.79 Å². The zero-order valence-electron chi connectivity index (χ0n) is 7.02. The van der Waals surface area contributed by atoms with Crippen molar-refractivity contribution in [1.29, 1.82) is 0 Å². The van der Waals surface area contributed by atoms with E-state index in [9.17, 15) is 4.79 Å². The van der Waals surface area contributed by atoms with Crippen LogP contribution in [0.25, 0.3) is 0 Å². The maximum Gasteiger partial charge on any atom is 0.223 e. The third-order valence-corrected chi connectivity index (χ3v) is 2.05. The normalized spacial score (nSPS) is 17.4. The van der Waals surface area contributed by atoms with Gasteiger partial charge in [0.25, 0.3) is 0 Å². The molecule has 1 N–H and O–H groups in total. The summed E-state index contributed by atoms with van der Waals surface area (Å²) in [4.78, 5) is 10.9. The van der Waals surface area contributed by atoms with E-state index in [0.717, 1.165) is 12.8 Å². The van der Waals surface area contributed by atoms with Crippen LogP contribution in [-0.2, 0) is 4.79 Å². The first-order chi connectivity index (χ1) is 5.33. The number of rotatable bonds is 2. The van der Waals surface area contributed by atoms with Gasteiger partial charge in [0.2, 0.25) is 5.91 Å². The summed E-state index contributed by atoms with van der Waals surface area (Å²) in [6, 6.07) is 0. The molecule has 0 saturated carbocycles. The van der Waals surface area contributed by atoms with Crippen molar-refractivity contribution in [2.45, 2.75) is 32.1 Å². The molecule has 62 valence electrons. The molecule has 0 aromatic carbocycles. The van der Waals surface area contributed by atoms with Crippen molar-refractivity contribution < 1.29 is 4.79 Å². The minimum atomic E-state index is 0.137. The lowest BCUT2D eigenvalue weighted by Crippen LogP contribution is -2.18. The minimum Gasteiger partial charge on any atom is -0.359 e. The number of hydrogen-bond donors (Lipinski definition) is 1. The summed E-state index contributed by atoms with van der Waals surface area (Å²) in [5, 5.41) is 2.63. The van der Waals surface area contributed by atoms with E-state index in [-0.39, 0.29) is 5.91 Å². The molecule has 1 aliphatic carbocycles. The summed E-state index contributed by atoms with van der Waals surface area (Å²) in [5.41, 5.74) is 1.32. The molecule has 2 nitrogen and oxygen atoms in total. The van der Waals surface area contributed by atoms with Gasteiger partial charge in [0.15, 0.2) is 0 Å². The summed E-state index contributed by atoms with van der Waals surface area (Å²) in [7, 11) is 1.69. The highest BCUT2D eigenvalue weighted by molar-refractivity contribution is 5.78. The molecule has 0 aromatic rings. The van der Waals surface area contributed by atoms with Crippen LogP contribution < -0.4 is 5.32 Å². The molecular weight excluding hydrogens is 138 g/mol. The fourth-order valence-corrected chi connectivity index (χ4v) is 1.36. The topological polar surface area (TPSA) is 29.1 Å². The van der Waals surface area contributed by atoms with Crippen LogP contribution in [0.15, 0.2) is 11.6 Å². The van der Waals surface area contributed by atoms with Gasteiger partial charge in [0, 0.05) is 13.5 Å². The van der Waals surface area contributed by atoms with Crippen molar-refractivity contribution in [3.05, 3.63) is 11.6 Å². The van der Waals surface area contributed by atoms with Crippen LogP contribution in [0.2, 0.25) is 0 Å². The summed E-state index contributed by atoms with van der Waals surface area (Å²) in [6.45, 7) is 0. The van der Waals surface area contributed by atoms with Crippen LogP contribution in [-0.4, -0.2) is 13.0 Å². The number of carbonyl (C=O) groups is 1. The molecule has 2 heteroatoms. The average Bonchev–Trinajstić information content (AvgIpc) is 2.06. The van der Waals surface area contributed by atoms with Gasteiger partial charge >= 0.3 is 0 Å². The molecule has 0 heterocycles. The second-order valence-electron chi connectivity index (χ2n) is 2.96. The molecule has 1 amide bonds. The molecule has 0 saturated heterocycles. The Morgan fingerprint density at radius 2 is 2.45 bits per heavy atom. The van der Waals surface area contributed by atoms with Crippen molar-refractivity contribution in [3.8, 4) is 0 Å². The molecule has 0 fully saturated rings. The van der Waals surface area contributed by atoms with E-state index in [0.29, 0.717) is 6.42 Å². The lowest BCUT2D eigenvalue weighted by molar-refractivity contribution is -0.119. The second kappa shape index (κ2) is 4.16. The quantitative estimate of drug-likeness (QED) is 0.600. The van der Waals surface area contributed by atoms with Crippen LogP contribution in [0.5, 0.6) is 0 Å². The van der Waals surface area contributed by atoms with Gasteiger partial charge in [-0.25, -0.2) is 0 Å². The molecular formula is C9H15NO. The molecule has 0 radical (unpaired) electrons. The van der Waals surface area contributed by atoms with Crippen molar-refractivity contribution in [2.75, 3.05) is 7.05 Å². The highest BCUT2D eigenvalue weighted by atomic mass is 16.1. The number of carbonyl (C=O) groups excluding carboxylic acids is 1. The average molecular weight is 153 g/mol. The number of amides is 1. The van der Waals surface area contributed by atoms with Gasteiger partial charge in [-0.15, -0.1) is 0 Å². The summed E-state index contributed by atoms with van der Waals surface area (Å²) in [5.74, 6) is 0.137. The Kier molecular flexibility index (Phi) is 3.14. The van der Waals surface area contributed by atoms with Crippen molar-refractivity contribution >= 4 is 5.91 Å². The number of nitrogens with one attached hydrogen (secondary N) is 1. The van der Waals surface area contributed by atoms with E-state index in [2.05, 4.69) is 11.4 Å². The Balaban J connectivity index is 2.35. The third kappa shape index (κ3) is 2.74. The van der Waals surface area contributed by atoms with Crippen molar-refractivity contribution in [1.82, 2.24) is 5.32 Å². The van der Waals surface area contributed by atoms with Crippen LogP contribution in [0.3, 0.4) is 0 Å². The lowest BCUT2D eigenvalue weighted by atomic mass is 9.97. The number of hydrogen-bond acceptors (Lipinski definition) is 1. The van der Waals surface area contributed by atoms with E-state index in [1.165, 1.54) is 18.4 Å². The third-order valence-electron chi connectivity index (χ3n) is 2.05. The van der Waals surface area contributed by atoms with Crippen molar-refractivity contribution in [3.63, 3.8) is 0 Å². The Morgan fingerprint density at radius 3 is 3.00 bits per heavy atom. The first-order valence-electron chi connectivity index (χ1n) is 4.21. The summed E-state index contributed by atoms with van der Waals surface area (Å²) in [6.07, 6.45) is 7.63. The molecule has 0 atom stereocenters. The Hall–Kier alpha value is -0.790. The van der Waals surface area contributed by atoms with Crippen LogP contribution in [0, 0.1) is 0 Å². The first kappa shape index (κ1) is 8.31. The Morgan fingerprint density at radius 1 is 1.64 bits per heavy atom. The van der Waals surface area contributed by atoms with Crippen molar-refractivity contribution in [2.24, 2.45) is 0 Å². The maximum atomic E-state index is 10.9. The van der Waals surface area contributed by atoms with Gasteiger partial charge in [-0.2, -0.15) is 0 Å². The molecule has 0 bridgehead atoms. The zero-order chi connectivity index (χ0) is 8.10. The molecule has 1 rings (SSSR count). The van der Waals surface area contributed by atoms with Gasteiger partial charge in [-0.1, -0.05) is 11.6 Å². The smallest absolute Gasteiger partial charge is 0.223 e. The molecule has 0 aromatic heterocycles. The first-order valence-corrected chi connectivity index (χ1v) is 4.21. The largest absolute Gasteiger partial charge is 0.359 e. The van der Waals surface area contributed by atoms with E-state index < -0.39 is 0 Å². The molecule has 1 aliphatic rings. The molecule has 0 aliphatic heterocycles. The summed E-state index contributed by atoms with van der Waals surface area (Å²) < 4.78 is 0. The van der Waals surface area contributed by atoms with E-state index in [1.807, 2.05) is 0 Å². The van der Waals surface area contributed by atoms with Crippen LogP contribution >= 0.6 is 0 Å². The van der Waals surface area contributed by atoms with E-state index in [4.69, 9.17) is 0 Å². The monoisotopic (exact) mass is 153 g/mol. The van der Waals surface area contributed by atoms with Crippen LogP contribution in [0.1, 0.15) is 32.1 Å². The van der Waals surface area contributed by atoms with Crippen LogP contribution in [0.4, 0.5) is 0 Å². The van der Waals surface area contributed by atoms with Gasteiger partial charge in [0.05, 0.1) is 0 Å². The SMILES string of the molecule is CNC(=O)CC1=CCCCC1. The van der Waals surface area contributed by atoms with Gasteiger partial charge < -0.3 is 5.32 Å². The standard InChI is InChI=1S/C9H15NO/c1-10-9(11)7-8-5-3-2-4-6-8/h5H,2-4,6-7H2,1H3,(H,10,11). The summed E-state index contributed by atoms with van der Waals surface area (Å²) >= 11 is 0. The van der Waals surface area contributed by atoms with Gasteiger partial charge in [-0.05, 0) is 25.7 Å². The van der Waals surface area contributed by atoms with Gasteiger partial charge in [0.1, 0.15) is 0 Å². The number of allylic oxidation sites excluding steroid dienone is 1. The lowest BCUT2D eigenvalue weighted by Gasteiger charge is -2.10. The Bertz CT molecular complexity index is 172. The Labute approximate surface area is 67.7 Å². The fourth-order valence-electron chi connectivity index (χ4n) is 1.36. The maximum absolute atomic E-state index is 10.9. The minimum absolute atomic E-state index is 0.137. The second-order valence-corrected chi connectivity index (χ2v) is 2.96. The predicted octanol–water partition coefficient (Wildman–Crippen LogP) is 1.62. The molecule has 0 spiro atoms. The fraction of sp³-hybridized carbons (Fsp3) is 0.667.